The molecule has 0 radical (unpaired) electrons. The summed E-state index contributed by atoms with van der Waals surface area (Å²) in [5.74, 6) is 0.558. The third-order valence-corrected chi connectivity index (χ3v) is 6.40. The molecule has 0 fully saturated rings. The van der Waals surface area contributed by atoms with E-state index in [0.717, 1.165) is 12.1 Å². The topological polar surface area (TPSA) is 133 Å². The van der Waals surface area contributed by atoms with Crippen LogP contribution in [0.3, 0.4) is 0 Å². The van der Waals surface area contributed by atoms with E-state index in [9.17, 15) is 23.3 Å². The molecule has 33 heavy (non-hydrogen) atoms. The number of anilines is 1. The lowest BCUT2D eigenvalue weighted by molar-refractivity contribution is -0.387. The van der Waals surface area contributed by atoms with Crippen molar-refractivity contribution in [3.8, 4) is 11.4 Å². The molecule has 1 N–H and O–H groups in total. The number of aromatic nitrogens is 2. The molecule has 0 atom stereocenters. The van der Waals surface area contributed by atoms with E-state index in [-0.39, 0.29) is 17.0 Å². The van der Waals surface area contributed by atoms with Crippen LogP contribution in [-0.4, -0.2) is 30.0 Å². The maximum atomic E-state index is 13.1. The molecule has 1 heterocycles. The van der Waals surface area contributed by atoms with Crippen molar-refractivity contribution in [2.75, 3.05) is 11.8 Å². The number of methoxy groups -OCH3 is 1. The second kappa shape index (κ2) is 8.36. The lowest BCUT2D eigenvalue weighted by Gasteiger charge is -2.15. The largest absolute Gasteiger partial charge is 0.494 e. The maximum Gasteiger partial charge on any atom is 0.289 e. The number of para-hydroxylation sites is 2. The van der Waals surface area contributed by atoms with E-state index in [1.54, 1.807) is 31.2 Å². The van der Waals surface area contributed by atoms with Gasteiger partial charge in [-0.25, -0.2) is 13.4 Å². The summed E-state index contributed by atoms with van der Waals surface area (Å²) in [6.07, 6.45) is 0. The fraction of sp³-hybridized carbons (Fsp3) is 0.0909. The van der Waals surface area contributed by atoms with Gasteiger partial charge in [0.25, 0.3) is 21.3 Å². The van der Waals surface area contributed by atoms with E-state index < -0.39 is 25.5 Å². The molecule has 0 aliphatic rings. The van der Waals surface area contributed by atoms with Crippen molar-refractivity contribution in [2.45, 2.75) is 11.8 Å². The van der Waals surface area contributed by atoms with Crippen LogP contribution in [0, 0.1) is 17.0 Å². The first-order valence-electron chi connectivity index (χ1n) is 9.66. The zero-order chi connectivity index (χ0) is 23.8. The Morgan fingerprint density at radius 2 is 1.76 bits per heavy atom. The molecule has 0 aliphatic carbocycles. The third-order valence-electron chi connectivity index (χ3n) is 4.98. The van der Waals surface area contributed by atoms with Gasteiger partial charge in [0.2, 0.25) is 0 Å². The number of ether oxygens (including phenoxy) is 1. The number of hydrogen-bond donors (Lipinski definition) is 1. The molecule has 3 aromatic carbocycles. The van der Waals surface area contributed by atoms with Gasteiger partial charge >= 0.3 is 0 Å². The predicted octanol–water partition coefficient (Wildman–Crippen LogP) is 3.41. The first kappa shape index (κ1) is 22.0. The summed E-state index contributed by atoms with van der Waals surface area (Å²) in [4.78, 5) is 27.5. The molecule has 11 heteroatoms. The quantitative estimate of drug-likeness (QED) is 0.340. The monoisotopic (exact) mass is 466 g/mol. The number of nitrogens with one attached hydrogen (secondary N) is 1. The fourth-order valence-corrected chi connectivity index (χ4v) is 4.73. The Labute approximate surface area is 188 Å². The van der Waals surface area contributed by atoms with Crippen molar-refractivity contribution >= 4 is 32.3 Å². The van der Waals surface area contributed by atoms with Gasteiger partial charge < -0.3 is 4.74 Å². The predicted molar refractivity (Wildman–Crippen MR) is 123 cm³/mol. The molecule has 4 rings (SSSR count). The molecule has 0 spiro atoms. The van der Waals surface area contributed by atoms with Crippen molar-refractivity contribution in [3.63, 3.8) is 0 Å². The highest BCUT2D eigenvalue weighted by Gasteiger charge is 2.26. The minimum atomic E-state index is -4.30. The van der Waals surface area contributed by atoms with Gasteiger partial charge in [-0.15, -0.1) is 0 Å². The number of fused-ring (bicyclic) bond motifs is 1. The van der Waals surface area contributed by atoms with Crippen molar-refractivity contribution in [3.05, 3.63) is 93.0 Å². The number of nitro groups is 1. The highest BCUT2D eigenvalue weighted by Crippen LogP contribution is 2.31. The number of hydrogen-bond acceptors (Lipinski definition) is 7. The molecular weight excluding hydrogens is 448 g/mol. The molecule has 168 valence electrons. The van der Waals surface area contributed by atoms with Crippen LogP contribution in [0.5, 0.6) is 5.75 Å². The highest BCUT2D eigenvalue weighted by molar-refractivity contribution is 7.92. The van der Waals surface area contributed by atoms with Crippen LogP contribution >= 0.6 is 0 Å². The normalized spacial score (nSPS) is 11.3. The second-order valence-electron chi connectivity index (χ2n) is 7.03. The van der Waals surface area contributed by atoms with E-state index in [1.807, 2.05) is 0 Å². The molecule has 10 nitrogen and oxygen atoms in total. The average molecular weight is 466 g/mol. The summed E-state index contributed by atoms with van der Waals surface area (Å²) in [5.41, 5.74) is 0.204. The van der Waals surface area contributed by atoms with Crippen LogP contribution < -0.4 is 15.0 Å². The molecule has 0 bridgehead atoms. The Balaban J connectivity index is 1.79. The van der Waals surface area contributed by atoms with Crippen LogP contribution in [0.15, 0.2) is 76.4 Å². The first-order valence-corrected chi connectivity index (χ1v) is 11.1. The highest BCUT2D eigenvalue weighted by atomic mass is 32.2. The average Bonchev–Trinajstić information content (AvgIpc) is 2.79. The Morgan fingerprint density at radius 1 is 1.06 bits per heavy atom. The first-order chi connectivity index (χ1) is 15.7. The van der Waals surface area contributed by atoms with Gasteiger partial charge in [0.05, 0.1) is 34.3 Å². The second-order valence-corrected chi connectivity index (χ2v) is 8.68. The minimum absolute atomic E-state index is 0.0545. The summed E-state index contributed by atoms with van der Waals surface area (Å²) in [6, 6.07) is 16.4. The van der Waals surface area contributed by atoms with E-state index in [4.69, 9.17) is 4.74 Å². The fourth-order valence-electron chi connectivity index (χ4n) is 3.49. The zero-order valence-corrected chi connectivity index (χ0v) is 18.4. The maximum absolute atomic E-state index is 13.1. The van der Waals surface area contributed by atoms with Crippen molar-refractivity contribution in [1.82, 2.24) is 9.55 Å². The summed E-state index contributed by atoms with van der Waals surface area (Å²) >= 11 is 0. The molecular formula is C22H18N4O6S. The van der Waals surface area contributed by atoms with E-state index in [2.05, 4.69) is 9.71 Å². The van der Waals surface area contributed by atoms with E-state index in [1.165, 1.54) is 42.0 Å². The molecule has 1 aromatic heterocycles. The molecule has 0 amide bonds. The lowest BCUT2D eigenvalue weighted by Crippen LogP contribution is -2.22. The van der Waals surface area contributed by atoms with Crippen LogP contribution in [0.2, 0.25) is 0 Å². The minimum Gasteiger partial charge on any atom is -0.494 e. The summed E-state index contributed by atoms with van der Waals surface area (Å²) < 4.78 is 34.8. The number of nitrogens with zero attached hydrogens (tertiary/aromatic N) is 3. The Kier molecular flexibility index (Phi) is 5.56. The molecule has 0 saturated carbocycles. The van der Waals surface area contributed by atoms with Gasteiger partial charge in [0, 0.05) is 12.1 Å². The Bertz CT molecular complexity index is 1560. The third kappa shape index (κ3) is 4.01. The van der Waals surface area contributed by atoms with Crippen molar-refractivity contribution in [1.29, 1.82) is 0 Å². The Hall–Kier alpha value is -4.25. The van der Waals surface area contributed by atoms with Gasteiger partial charge in [-0.2, -0.15) is 0 Å². The summed E-state index contributed by atoms with van der Waals surface area (Å²) in [6.45, 7) is 1.69. The smallest absolute Gasteiger partial charge is 0.289 e. The standard InChI is InChI=1S/C22H18N4O6S/c1-14-23-17-8-4-3-7-16(17)22(27)25(14)15-11-12-18(20(13-15)32-2)24-33(30,31)21-10-6-5-9-19(21)26(28)29/h3-13,24H,1-2H3. The molecule has 4 aromatic rings. The Morgan fingerprint density at radius 3 is 2.48 bits per heavy atom. The number of nitro benzene ring substituents is 1. The van der Waals surface area contributed by atoms with Crippen LogP contribution in [0.4, 0.5) is 11.4 Å². The van der Waals surface area contributed by atoms with Crippen LogP contribution in [0.25, 0.3) is 16.6 Å². The van der Waals surface area contributed by atoms with Crippen LogP contribution in [0.1, 0.15) is 5.82 Å². The van der Waals surface area contributed by atoms with E-state index in [0.29, 0.717) is 22.4 Å². The van der Waals surface area contributed by atoms with Gasteiger partial charge in [0.15, 0.2) is 4.90 Å². The summed E-state index contributed by atoms with van der Waals surface area (Å²) in [5, 5.41) is 11.7. The van der Waals surface area contributed by atoms with Gasteiger partial charge in [-0.05, 0) is 37.3 Å². The summed E-state index contributed by atoms with van der Waals surface area (Å²) in [7, 11) is -2.95. The lowest BCUT2D eigenvalue weighted by atomic mass is 10.2. The van der Waals surface area contributed by atoms with Gasteiger partial charge in [-0.1, -0.05) is 24.3 Å². The van der Waals surface area contributed by atoms with Crippen LogP contribution in [-0.2, 0) is 10.0 Å². The molecule has 0 unspecified atom stereocenters. The van der Waals surface area contributed by atoms with Crippen molar-refractivity contribution < 1.29 is 18.1 Å². The van der Waals surface area contributed by atoms with E-state index >= 15 is 0 Å². The SMILES string of the molecule is COc1cc(-n2c(C)nc3ccccc3c2=O)ccc1NS(=O)(=O)c1ccccc1[N+](=O)[O-]. The van der Waals surface area contributed by atoms with Crippen molar-refractivity contribution in [2.24, 2.45) is 0 Å². The number of aryl methyl sites for hydroxylation is 1. The molecule has 0 saturated heterocycles. The number of sulfonamides is 1. The number of rotatable bonds is 6. The van der Waals surface area contributed by atoms with Gasteiger partial charge in [-0.3, -0.25) is 24.2 Å². The number of benzene rings is 3. The molecule has 0 aliphatic heterocycles. The zero-order valence-electron chi connectivity index (χ0n) is 17.6. The van der Waals surface area contributed by atoms with Gasteiger partial charge in [0.1, 0.15) is 11.6 Å².